The molecule has 0 aromatic heterocycles. The van der Waals surface area contributed by atoms with Crippen LogP contribution in [0, 0.1) is 0 Å². The molecule has 0 heterocycles. The summed E-state index contributed by atoms with van der Waals surface area (Å²) in [5.41, 5.74) is 1.22. The minimum absolute atomic E-state index is 0.0339. The number of nitrogens with one attached hydrogen (secondary N) is 1. The third-order valence-corrected chi connectivity index (χ3v) is 4.75. The topological polar surface area (TPSA) is 83.5 Å². The van der Waals surface area contributed by atoms with Gasteiger partial charge in [0.1, 0.15) is 0 Å². The summed E-state index contributed by atoms with van der Waals surface area (Å²) in [5, 5.41) is 9.07. The van der Waals surface area contributed by atoms with Crippen molar-refractivity contribution in [3.63, 3.8) is 0 Å². The summed E-state index contributed by atoms with van der Waals surface area (Å²) < 4.78 is 26.5. The zero-order chi connectivity index (χ0) is 16.7. The van der Waals surface area contributed by atoms with Crippen LogP contribution in [0.4, 0.5) is 5.69 Å². The molecular formula is C17H19NO4S. The number of carbonyl (C=O) groups is 1. The van der Waals surface area contributed by atoms with Gasteiger partial charge in [-0.05, 0) is 37.0 Å². The Morgan fingerprint density at radius 1 is 0.957 bits per heavy atom. The second-order valence-electron chi connectivity index (χ2n) is 5.21. The molecule has 0 radical (unpaired) electrons. The lowest BCUT2D eigenvalue weighted by molar-refractivity contribution is 0.0698. The van der Waals surface area contributed by atoms with Crippen molar-refractivity contribution in [1.82, 2.24) is 0 Å². The predicted molar refractivity (Wildman–Crippen MR) is 90.2 cm³/mol. The van der Waals surface area contributed by atoms with Gasteiger partial charge in [0.25, 0.3) is 0 Å². The zero-order valence-electron chi connectivity index (χ0n) is 12.6. The summed E-state index contributed by atoms with van der Waals surface area (Å²) in [4.78, 5) is 11.1. The van der Waals surface area contributed by atoms with E-state index in [0.717, 1.165) is 12.8 Å². The Balaban J connectivity index is 1.89. The Hall–Kier alpha value is -2.34. The minimum atomic E-state index is -3.56. The van der Waals surface area contributed by atoms with Crippen molar-refractivity contribution in [2.24, 2.45) is 0 Å². The van der Waals surface area contributed by atoms with Gasteiger partial charge in [0.15, 0.2) is 0 Å². The first kappa shape index (κ1) is 17.0. The molecule has 0 atom stereocenters. The minimum Gasteiger partial charge on any atom is -0.478 e. The third-order valence-electron chi connectivity index (χ3n) is 3.39. The van der Waals surface area contributed by atoms with Gasteiger partial charge in [-0.2, -0.15) is 0 Å². The number of anilines is 1. The van der Waals surface area contributed by atoms with Gasteiger partial charge in [-0.15, -0.1) is 0 Å². The van der Waals surface area contributed by atoms with E-state index in [1.54, 1.807) is 12.1 Å². The predicted octanol–water partition coefficient (Wildman–Crippen LogP) is 3.15. The van der Waals surface area contributed by atoms with Crippen LogP contribution in [0.1, 0.15) is 28.8 Å². The molecule has 0 bridgehead atoms. The maximum Gasteiger partial charge on any atom is 0.337 e. The summed E-state index contributed by atoms with van der Waals surface area (Å²) >= 11 is 0. The molecule has 0 aliphatic carbocycles. The second-order valence-corrected chi connectivity index (χ2v) is 7.06. The number of hydrogen-bond acceptors (Lipinski definition) is 3. The highest BCUT2D eigenvalue weighted by Gasteiger charge is 2.15. The van der Waals surface area contributed by atoms with Crippen LogP contribution in [0.2, 0.25) is 0 Å². The van der Waals surface area contributed by atoms with Crippen LogP contribution in [0.25, 0.3) is 0 Å². The number of unbranched alkanes of at least 4 members (excludes halogenated alkanes) is 1. The van der Waals surface area contributed by atoms with Crippen LogP contribution in [0.5, 0.6) is 0 Å². The van der Waals surface area contributed by atoms with Gasteiger partial charge in [0.2, 0.25) is 10.0 Å². The normalized spacial score (nSPS) is 11.1. The van der Waals surface area contributed by atoms with Gasteiger partial charge >= 0.3 is 5.97 Å². The molecule has 0 aliphatic heterocycles. The van der Waals surface area contributed by atoms with Crippen molar-refractivity contribution in [3.8, 4) is 0 Å². The van der Waals surface area contributed by atoms with Gasteiger partial charge in [0.05, 0.1) is 17.0 Å². The SMILES string of the molecule is O=C(O)c1ccccc1NS(=O)(=O)CCCCc1ccccc1. The van der Waals surface area contributed by atoms with Crippen molar-refractivity contribution < 1.29 is 18.3 Å². The largest absolute Gasteiger partial charge is 0.478 e. The summed E-state index contributed by atoms with van der Waals surface area (Å²) in [6.45, 7) is 0. The molecule has 2 rings (SSSR count). The summed E-state index contributed by atoms with van der Waals surface area (Å²) in [6, 6.07) is 15.8. The Labute approximate surface area is 136 Å². The molecule has 0 saturated heterocycles. The first-order valence-electron chi connectivity index (χ1n) is 7.35. The molecule has 122 valence electrons. The molecule has 0 amide bonds. The number of carboxylic acids is 1. The number of benzene rings is 2. The molecule has 0 aliphatic rings. The lowest BCUT2D eigenvalue weighted by atomic mass is 10.1. The van der Waals surface area contributed by atoms with E-state index in [0.29, 0.717) is 6.42 Å². The molecule has 0 spiro atoms. The number of carboxylic acid groups (broad SMARTS) is 1. The highest BCUT2D eigenvalue weighted by Crippen LogP contribution is 2.17. The smallest absolute Gasteiger partial charge is 0.337 e. The molecule has 23 heavy (non-hydrogen) atoms. The van der Waals surface area contributed by atoms with Crippen LogP contribution in [-0.2, 0) is 16.4 Å². The van der Waals surface area contributed by atoms with Crippen molar-refractivity contribution in [1.29, 1.82) is 0 Å². The average Bonchev–Trinajstić information content (AvgIpc) is 2.52. The first-order valence-corrected chi connectivity index (χ1v) is 9.00. The Bertz CT molecular complexity index is 757. The third kappa shape index (κ3) is 5.41. The number of hydrogen-bond donors (Lipinski definition) is 2. The number of aromatic carboxylic acids is 1. The quantitative estimate of drug-likeness (QED) is 0.727. The summed E-state index contributed by atoms with van der Waals surface area (Å²) in [7, 11) is -3.56. The fourth-order valence-corrected chi connectivity index (χ4v) is 3.44. The van der Waals surface area contributed by atoms with Crippen molar-refractivity contribution in [2.45, 2.75) is 19.3 Å². The van der Waals surface area contributed by atoms with Gasteiger partial charge in [0, 0.05) is 0 Å². The van der Waals surface area contributed by atoms with Crippen molar-refractivity contribution >= 4 is 21.7 Å². The number of para-hydroxylation sites is 1. The number of rotatable bonds is 8. The number of sulfonamides is 1. The van der Waals surface area contributed by atoms with E-state index < -0.39 is 16.0 Å². The molecule has 2 aromatic carbocycles. The fraction of sp³-hybridized carbons (Fsp3) is 0.235. The maximum absolute atomic E-state index is 12.1. The van der Waals surface area contributed by atoms with Gasteiger partial charge in [-0.1, -0.05) is 42.5 Å². The molecule has 5 nitrogen and oxygen atoms in total. The van der Waals surface area contributed by atoms with E-state index in [-0.39, 0.29) is 17.0 Å². The number of aryl methyl sites for hydroxylation is 1. The lowest BCUT2D eigenvalue weighted by Gasteiger charge is -2.10. The van der Waals surface area contributed by atoms with Crippen molar-refractivity contribution in [2.75, 3.05) is 10.5 Å². The van der Waals surface area contributed by atoms with E-state index in [1.165, 1.54) is 17.7 Å². The average molecular weight is 333 g/mol. The molecule has 0 unspecified atom stereocenters. The highest BCUT2D eigenvalue weighted by molar-refractivity contribution is 7.92. The van der Waals surface area contributed by atoms with Crippen LogP contribution in [0.3, 0.4) is 0 Å². The van der Waals surface area contributed by atoms with E-state index in [1.807, 2.05) is 30.3 Å². The molecule has 6 heteroatoms. The van der Waals surface area contributed by atoms with Crippen molar-refractivity contribution in [3.05, 3.63) is 65.7 Å². The van der Waals surface area contributed by atoms with Crippen LogP contribution < -0.4 is 4.72 Å². The van der Waals surface area contributed by atoms with Crippen LogP contribution in [0.15, 0.2) is 54.6 Å². The second kappa shape index (κ2) is 7.78. The van der Waals surface area contributed by atoms with Gasteiger partial charge < -0.3 is 5.11 Å². The lowest BCUT2D eigenvalue weighted by Crippen LogP contribution is -2.18. The van der Waals surface area contributed by atoms with Gasteiger partial charge in [-0.3, -0.25) is 4.72 Å². The van der Waals surface area contributed by atoms with E-state index in [9.17, 15) is 13.2 Å². The van der Waals surface area contributed by atoms with Crippen LogP contribution in [-0.4, -0.2) is 25.2 Å². The summed E-state index contributed by atoms with van der Waals surface area (Å²) in [6.07, 6.45) is 2.09. The van der Waals surface area contributed by atoms with E-state index in [2.05, 4.69) is 4.72 Å². The molecule has 2 N–H and O–H groups in total. The molecule has 0 fully saturated rings. The fourth-order valence-electron chi connectivity index (χ4n) is 2.24. The molecule has 0 saturated carbocycles. The maximum atomic E-state index is 12.1. The van der Waals surface area contributed by atoms with Crippen LogP contribution >= 0.6 is 0 Å². The first-order chi connectivity index (χ1) is 11.0. The molecular weight excluding hydrogens is 314 g/mol. The van der Waals surface area contributed by atoms with E-state index >= 15 is 0 Å². The Morgan fingerprint density at radius 2 is 1.61 bits per heavy atom. The highest BCUT2D eigenvalue weighted by atomic mass is 32.2. The molecule has 2 aromatic rings. The Kier molecular flexibility index (Phi) is 5.76. The van der Waals surface area contributed by atoms with Gasteiger partial charge in [-0.25, -0.2) is 13.2 Å². The standard InChI is InChI=1S/C17H19NO4S/c19-17(20)15-11-4-5-12-16(15)18-23(21,22)13-7-6-10-14-8-2-1-3-9-14/h1-5,8-9,11-12,18H,6-7,10,13H2,(H,19,20). The Morgan fingerprint density at radius 3 is 2.30 bits per heavy atom. The van der Waals surface area contributed by atoms with E-state index in [4.69, 9.17) is 5.11 Å². The summed E-state index contributed by atoms with van der Waals surface area (Å²) in [5.74, 6) is -1.19. The zero-order valence-corrected chi connectivity index (χ0v) is 13.4. The monoisotopic (exact) mass is 333 g/mol.